The predicted octanol–water partition coefficient (Wildman–Crippen LogP) is 1.32. The summed E-state index contributed by atoms with van der Waals surface area (Å²) in [5.41, 5.74) is 0. The lowest BCUT2D eigenvalue weighted by atomic mass is 10.6. The molecule has 0 saturated carbocycles. The van der Waals surface area contributed by atoms with E-state index in [-0.39, 0.29) is 31.5 Å². The Morgan fingerprint density at radius 3 is 1.59 bits per heavy atom. The zero-order valence-corrected chi connectivity index (χ0v) is 16.0. The fourth-order valence-electron chi connectivity index (χ4n) is 2.09. The Morgan fingerprint density at radius 1 is 0.773 bits per heavy atom. The maximum absolute atomic E-state index is 12.3. The van der Waals surface area contributed by atoms with Crippen molar-refractivity contribution >= 4 is 32.0 Å². The molecule has 0 spiro atoms. The zero-order valence-electron chi connectivity index (χ0n) is 13.6. The minimum atomic E-state index is -3.43. The van der Waals surface area contributed by atoms with Crippen molar-refractivity contribution < 1.29 is 16.8 Å². The zero-order chi connectivity index (χ0) is 16.8. The van der Waals surface area contributed by atoms with Crippen LogP contribution in [0.15, 0.2) is 0 Å². The molecule has 1 fully saturated rings. The summed E-state index contributed by atoms with van der Waals surface area (Å²) < 4.78 is 53.6. The third kappa shape index (κ3) is 5.64. The topological polar surface area (TPSA) is 78.0 Å². The van der Waals surface area contributed by atoms with Crippen molar-refractivity contribution in [3.8, 4) is 0 Å². The van der Waals surface area contributed by atoms with E-state index in [1.807, 2.05) is 11.2 Å². The first-order chi connectivity index (χ1) is 10.3. The molecule has 0 radical (unpaired) electrons. The molecule has 10 heteroatoms. The Labute approximate surface area is 139 Å². The van der Waals surface area contributed by atoms with Crippen molar-refractivity contribution in [3.05, 3.63) is 0 Å². The molecule has 0 aromatic heterocycles. The van der Waals surface area contributed by atoms with Crippen LogP contribution < -0.4 is 0 Å². The van der Waals surface area contributed by atoms with E-state index in [9.17, 15) is 16.8 Å². The summed E-state index contributed by atoms with van der Waals surface area (Å²) in [6.45, 7) is 6.05. The van der Waals surface area contributed by atoms with Gasteiger partial charge in [-0.2, -0.15) is 8.61 Å². The van der Waals surface area contributed by atoms with Crippen molar-refractivity contribution in [1.82, 2.24) is 12.9 Å². The highest BCUT2D eigenvalue weighted by molar-refractivity contribution is 7.97. The Morgan fingerprint density at radius 2 is 1.23 bits per heavy atom. The average Bonchev–Trinajstić information content (AvgIpc) is 2.44. The molecule has 0 unspecified atom stereocenters. The largest absolute Gasteiger partial charge is 0.220 e. The summed E-state index contributed by atoms with van der Waals surface area (Å²) in [5.74, 6) is 0.922. The van der Waals surface area contributed by atoms with Crippen molar-refractivity contribution in [2.24, 2.45) is 0 Å². The van der Waals surface area contributed by atoms with Gasteiger partial charge in [-0.15, -0.1) is 0 Å². The van der Waals surface area contributed by atoms with Gasteiger partial charge in [0, 0.05) is 5.75 Å². The second-order valence-corrected chi connectivity index (χ2v) is 10.6. The van der Waals surface area contributed by atoms with Gasteiger partial charge in [-0.25, -0.2) is 21.1 Å². The summed E-state index contributed by atoms with van der Waals surface area (Å²) in [4.78, 5) is 0. The van der Waals surface area contributed by atoms with E-state index >= 15 is 0 Å². The molecule has 0 N–H and O–H groups in total. The average molecular weight is 374 g/mol. The van der Waals surface area contributed by atoms with Crippen LogP contribution in [-0.4, -0.2) is 67.0 Å². The van der Waals surface area contributed by atoms with Gasteiger partial charge in [-0.05, 0) is 19.3 Å². The summed E-state index contributed by atoms with van der Waals surface area (Å²) in [6, 6.07) is 0. The lowest BCUT2D eigenvalue weighted by Crippen LogP contribution is -2.56. The highest BCUT2D eigenvalue weighted by Crippen LogP contribution is 2.22. The van der Waals surface area contributed by atoms with E-state index in [1.54, 1.807) is 13.8 Å². The highest BCUT2D eigenvalue weighted by Gasteiger charge is 2.36. The van der Waals surface area contributed by atoms with E-state index in [1.165, 1.54) is 20.6 Å². The molecule has 0 aliphatic carbocycles. The monoisotopic (exact) mass is 373 g/mol. The fourth-order valence-corrected chi connectivity index (χ4v) is 6.00. The molecular weight excluding hydrogens is 346 g/mol. The van der Waals surface area contributed by atoms with E-state index in [4.69, 9.17) is 0 Å². The molecular formula is C12H27N3O4S3. The third-order valence-electron chi connectivity index (χ3n) is 3.14. The first kappa shape index (κ1) is 20.2. The summed E-state index contributed by atoms with van der Waals surface area (Å²) in [6.07, 6.45) is 1.98. The van der Waals surface area contributed by atoms with Crippen LogP contribution in [-0.2, 0) is 20.0 Å². The van der Waals surface area contributed by atoms with Gasteiger partial charge in [0.15, 0.2) is 0 Å². The van der Waals surface area contributed by atoms with Crippen LogP contribution in [0, 0.1) is 0 Å². The third-order valence-corrected chi connectivity index (χ3v) is 8.21. The van der Waals surface area contributed by atoms with Crippen LogP contribution in [0.25, 0.3) is 0 Å². The lowest BCUT2D eigenvalue weighted by molar-refractivity contribution is 0.136. The molecule has 1 aliphatic rings. The molecule has 1 rings (SSSR count). The quantitative estimate of drug-likeness (QED) is 0.567. The van der Waals surface area contributed by atoms with Crippen LogP contribution in [0.1, 0.15) is 40.0 Å². The Hall–Kier alpha value is 0.130. The summed E-state index contributed by atoms with van der Waals surface area (Å²) in [5, 5.41) is 0. The molecule has 1 saturated heterocycles. The van der Waals surface area contributed by atoms with Gasteiger partial charge in [-0.3, -0.25) is 0 Å². The van der Waals surface area contributed by atoms with Gasteiger partial charge in [0.05, 0.1) is 31.5 Å². The van der Waals surface area contributed by atoms with Crippen molar-refractivity contribution in [1.29, 1.82) is 0 Å². The van der Waals surface area contributed by atoms with Crippen LogP contribution in [0.4, 0.5) is 0 Å². The van der Waals surface area contributed by atoms with Crippen molar-refractivity contribution in [3.63, 3.8) is 0 Å². The summed E-state index contributed by atoms with van der Waals surface area (Å²) >= 11 is 1.49. The van der Waals surface area contributed by atoms with Crippen LogP contribution in [0.2, 0.25) is 0 Å². The minimum absolute atomic E-state index is 0.0426. The van der Waals surface area contributed by atoms with Gasteiger partial charge in [0.25, 0.3) is 0 Å². The first-order valence-corrected chi connectivity index (χ1v) is 11.8. The van der Waals surface area contributed by atoms with Gasteiger partial charge in [0.1, 0.15) is 0 Å². The van der Waals surface area contributed by atoms with Crippen LogP contribution in [0.3, 0.4) is 0 Å². The Kier molecular flexibility index (Phi) is 8.10. The molecule has 132 valence electrons. The number of hydrogen-bond acceptors (Lipinski definition) is 6. The Bertz CT molecular complexity index is 492. The molecule has 0 bridgehead atoms. The predicted molar refractivity (Wildman–Crippen MR) is 91.0 cm³/mol. The standard InChI is InChI=1S/C12H27N3O4S3/c1-4-7-20-13-10-14(21(16,17)8-5-2)12-15(11-13)22(18,19)9-6-3/h4-12H2,1-3H3. The molecule has 22 heavy (non-hydrogen) atoms. The molecule has 7 nitrogen and oxygen atoms in total. The number of sulfonamides is 2. The first-order valence-electron chi connectivity index (χ1n) is 7.60. The number of hydrogen-bond donors (Lipinski definition) is 0. The SMILES string of the molecule is CCCSN1CN(S(=O)(=O)CCC)CN(S(=O)(=O)CCC)C1. The van der Waals surface area contributed by atoms with Crippen molar-refractivity contribution in [2.45, 2.75) is 40.0 Å². The summed E-state index contributed by atoms with van der Waals surface area (Å²) in [7, 11) is -6.85. The maximum Gasteiger partial charge on any atom is 0.216 e. The highest BCUT2D eigenvalue weighted by atomic mass is 32.2. The molecule has 0 aromatic rings. The van der Waals surface area contributed by atoms with Gasteiger partial charge < -0.3 is 0 Å². The van der Waals surface area contributed by atoms with E-state index in [0.29, 0.717) is 12.8 Å². The minimum Gasteiger partial charge on any atom is -0.220 e. The van der Waals surface area contributed by atoms with E-state index in [2.05, 4.69) is 0 Å². The molecule has 1 heterocycles. The van der Waals surface area contributed by atoms with Crippen molar-refractivity contribution in [2.75, 3.05) is 37.3 Å². The van der Waals surface area contributed by atoms with Crippen LogP contribution in [0.5, 0.6) is 0 Å². The fraction of sp³-hybridized carbons (Fsp3) is 1.00. The maximum atomic E-state index is 12.3. The van der Waals surface area contributed by atoms with E-state index < -0.39 is 20.0 Å². The second-order valence-electron chi connectivity index (χ2n) is 5.27. The van der Waals surface area contributed by atoms with Gasteiger partial charge >= 0.3 is 0 Å². The Balaban J connectivity index is 2.95. The molecule has 0 aromatic carbocycles. The van der Waals surface area contributed by atoms with Gasteiger partial charge in [-0.1, -0.05) is 32.7 Å². The molecule has 1 aliphatic heterocycles. The number of nitrogens with zero attached hydrogens (tertiary/aromatic N) is 3. The smallest absolute Gasteiger partial charge is 0.216 e. The normalized spacial score (nSPS) is 19.6. The number of rotatable bonds is 9. The molecule has 0 atom stereocenters. The second kappa shape index (κ2) is 8.84. The molecule has 0 amide bonds. The van der Waals surface area contributed by atoms with Gasteiger partial charge in [0.2, 0.25) is 20.0 Å². The van der Waals surface area contributed by atoms with E-state index in [0.717, 1.165) is 12.2 Å². The van der Waals surface area contributed by atoms with Crippen LogP contribution >= 0.6 is 11.9 Å². The lowest BCUT2D eigenvalue weighted by Gasteiger charge is -2.40.